The molecule has 1 N–H and O–H groups in total. The van der Waals surface area contributed by atoms with Gasteiger partial charge < -0.3 is 10.1 Å². The maximum Gasteiger partial charge on any atom is 0.0547 e. The van der Waals surface area contributed by atoms with Gasteiger partial charge in [0, 0.05) is 36.5 Å². The average molecular weight is 268 g/mol. The van der Waals surface area contributed by atoms with Crippen LogP contribution in [0.15, 0.2) is 17.5 Å². The zero-order chi connectivity index (χ0) is 12.8. The molecule has 102 valence electrons. The van der Waals surface area contributed by atoms with E-state index in [1.807, 2.05) is 18.4 Å². The van der Waals surface area contributed by atoms with E-state index >= 15 is 0 Å². The monoisotopic (exact) mass is 268 g/mol. The van der Waals surface area contributed by atoms with E-state index in [0.717, 1.165) is 39.4 Å². The zero-order valence-corrected chi connectivity index (χ0v) is 12.3. The van der Waals surface area contributed by atoms with Crippen molar-refractivity contribution in [3.05, 3.63) is 22.4 Å². The summed E-state index contributed by atoms with van der Waals surface area (Å²) in [5.41, 5.74) is 0.308. The first-order valence-corrected chi connectivity index (χ1v) is 7.63. The molecule has 3 nitrogen and oxygen atoms in total. The van der Waals surface area contributed by atoms with Gasteiger partial charge in [-0.05, 0) is 31.5 Å². The molecule has 1 fully saturated rings. The van der Waals surface area contributed by atoms with E-state index < -0.39 is 0 Å². The Labute approximate surface area is 114 Å². The van der Waals surface area contributed by atoms with Crippen LogP contribution in [0.3, 0.4) is 0 Å². The van der Waals surface area contributed by atoms with Crippen LogP contribution in [0.5, 0.6) is 0 Å². The lowest BCUT2D eigenvalue weighted by Gasteiger charge is -2.33. The number of rotatable bonds is 7. The maximum atomic E-state index is 5.63. The summed E-state index contributed by atoms with van der Waals surface area (Å²) in [7, 11) is 2.04. The Hall–Kier alpha value is -0.420. The first-order chi connectivity index (χ1) is 8.78. The van der Waals surface area contributed by atoms with E-state index in [1.54, 1.807) is 0 Å². The summed E-state index contributed by atoms with van der Waals surface area (Å²) in [6.45, 7) is 8.41. The van der Waals surface area contributed by atoms with Crippen molar-refractivity contribution in [2.75, 3.05) is 39.9 Å². The summed E-state index contributed by atoms with van der Waals surface area (Å²) in [6.07, 6.45) is 1.18. The Morgan fingerprint density at radius 1 is 1.56 bits per heavy atom. The standard InChI is InChI=1S/C14H24N2OS/c1-3-16(9-13-5-4-8-18-13)11-14(10-15-2)6-7-17-12-14/h4-5,8,15H,3,6-7,9-12H2,1-2H3. The maximum absolute atomic E-state index is 5.63. The predicted octanol–water partition coefficient (Wildman–Crippen LogP) is 2.20. The molecule has 1 aliphatic rings. The second-order valence-corrected chi connectivity index (χ2v) is 6.25. The molecule has 0 saturated carbocycles. The van der Waals surface area contributed by atoms with Gasteiger partial charge in [-0.25, -0.2) is 0 Å². The van der Waals surface area contributed by atoms with Gasteiger partial charge >= 0.3 is 0 Å². The summed E-state index contributed by atoms with van der Waals surface area (Å²) < 4.78 is 5.63. The van der Waals surface area contributed by atoms with E-state index in [2.05, 4.69) is 34.7 Å². The van der Waals surface area contributed by atoms with Crippen LogP contribution in [-0.4, -0.2) is 44.8 Å². The van der Waals surface area contributed by atoms with Gasteiger partial charge in [-0.1, -0.05) is 13.0 Å². The SMILES string of the molecule is CCN(Cc1cccs1)CC1(CNC)CCOC1. The number of thiophene rings is 1. The van der Waals surface area contributed by atoms with Crippen LogP contribution in [0.25, 0.3) is 0 Å². The highest BCUT2D eigenvalue weighted by molar-refractivity contribution is 7.09. The van der Waals surface area contributed by atoms with Gasteiger partial charge in [0.25, 0.3) is 0 Å². The quantitative estimate of drug-likeness (QED) is 0.820. The van der Waals surface area contributed by atoms with Crippen molar-refractivity contribution >= 4 is 11.3 Å². The third-order valence-electron chi connectivity index (χ3n) is 3.70. The number of nitrogens with one attached hydrogen (secondary N) is 1. The van der Waals surface area contributed by atoms with E-state index in [9.17, 15) is 0 Å². The van der Waals surface area contributed by atoms with Gasteiger partial charge in [0.2, 0.25) is 0 Å². The second-order valence-electron chi connectivity index (χ2n) is 5.22. The van der Waals surface area contributed by atoms with Crippen LogP contribution in [0.4, 0.5) is 0 Å². The molecule has 1 unspecified atom stereocenters. The predicted molar refractivity (Wildman–Crippen MR) is 77.1 cm³/mol. The van der Waals surface area contributed by atoms with Crippen LogP contribution in [0, 0.1) is 5.41 Å². The lowest BCUT2D eigenvalue weighted by atomic mass is 9.86. The van der Waals surface area contributed by atoms with E-state index in [-0.39, 0.29) is 0 Å². The van der Waals surface area contributed by atoms with Crippen LogP contribution in [-0.2, 0) is 11.3 Å². The summed E-state index contributed by atoms with van der Waals surface area (Å²) in [5, 5.41) is 5.49. The highest BCUT2D eigenvalue weighted by Crippen LogP contribution is 2.29. The zero-order valence-electron chi connectivity index (χ0n) is 11.4. The smallest absolute Gasteiger partial charge is 0.0547 e. The van der Waals surface area contributed by atoms with Crippen molar-refractivity contribution in [1.29, 1.82) is 0 Å². The summed E-state index contributed by atoms with van der Waals surface area (Å²) in [5.74, 6) is 0. The Bertz CT molecular complexity index is 334. The first-order valence-electron chi connectivity index (χ1n) is 6.75. The van der Waals surface area contributed by atoms with Gasteiger partial charge in [-0.3, -0.25) is 4.90 Å². The number of nitrogens with zero attached hydrogens (tertiary/aromatic N) is 1. The molecule has 0 bridgehead atoms. The Morgan fingerprint density at radius 2 is 2.44 bits per heavy atom. The largest absolute Gasteiger partial charge is 0.381 e. The topological polar surface area (TPSA) is 24.5 Å². The fourth-order valence-corrected chi connectivity index (χ4v) is 3.47. The number of ether oxygens (including phenoxy) is 1. The average Bonchev–Trinajstić information content (AvgIpc) is 3.01. The molecular formula is C14H24N2OS. The number of hydrogen-bond donors (Lipinski definition) is 1. The van der Waals surface area contributed by atoms with Crippen LogP contribution in [0.2, 0.25) is 0 Å². The summed E-state index contributed by atoms with van der Waals surface area (Å²) in [4.78, 5) is 3.99. The molecule has 0 spiro atoms. The van der Waals surface area contributed by atoms with E-state index in [1.165, 1.54) is 11.3 Å². The molecule has 0 aliphatic carbocycles. The van der Waals surface area contributed by atoms with Crippen molar-refractivity contribution in [3.8, 4) is 0 Å². The molecule has 1 aromatic rings. The lowest BCUT2D eigenvalue weighted by Crippen LogP contribution is -2.43. The second kappa shape index (κ2) is 6.66. The fraction of sp³-hybridized carbons (Fsp3) is 0.714. The molecule has 0 aromatic carbocycles. The molecule has 18 heavy (non-hydrogen) atoms. The highest BCUT2D eigenvalue weighted by Gasteiger charge is 2.35. The summed E-state index contributed by atoms with van der Waals surface area (Å²) in [6, 6.07) is 4.36. The Balaban J connectivity index is 1.95. The van der Waals surface area contributed by atoms with Crippen molar-refractivity contribution in [3.63, 3.8) is 0 Å². The molecule has 2 rings (SSSR count). The van der Waals surface area contributed by atoms with Gasteiger partial charge in [-0.2, -0.15) is 0 Å². The molecule has 0 radical (unpaired) electrons. The minimum atomic E-state index is 0.308. The van der Waals surface area contributed by atoms with Gasteiger partial charge in [0.05, 0.1) is 6.61 Å². The van der Waals surface area contributed by atoms with Crippen molar-refractivity contribution in [2.24, 2.45) is 5.41 Å². The highest BCUT2D eigenvalue weighted by atomic mass is 32.1. The van der Waals surface area contributed by atoms with Gasteiger partial charge in [-0.15, -0.1) is 11.3 Å². The molecule has 4 heteroatoms. The summed E-state index contributed by atoms with van der Waals surface area (Å²) >= 11 is 1.85. The Kier molecular flexibility index (Phi) is 5.18. The third-order valence-corrected chi connectivity index (χ3v) is 4.56. The van der Waals surface area contributed by atoms with E-state index in [4.69, 9.17) is 4.74 Å². The van der Waals surface area contributed by atoms with E-state index in [0.29, 0.717) is 5.41 Å². The normalized spacial score (nSPS) is 23.9. The van der Waals surface area contributed by atoms with Crippen molar-refractivity contribution in [1.82, 2.24) is 10.2 Å². The van der Waals surface area contributed by atoms with Crippen molar-refractivity contribution < 1.29 is 4.74 Å². The first kappa shape index (κ1) is 14.0. The molecular weight excluding hydrogens is 244 g/mol. The van der Waals surface area contributed by atoms with Crippen LogP contribution < -0.4 is 5.32 Å². The molecule has 1 aliphatic heterocycles. The molecule has 2 heterocycles. The molecule has 1 atom stereocenters. The fourth-order valence-electron chi connectivity index (χ4n) is 2.72. The molecule has 1 saturated heterocycles. The number of hydrogen-bond acceptors (Lipinski definition) is 4. The Morgan fingerprint density at radius 3 is 3.00 bits per heavy atom. The minimum Gasteiger partial charge on any atom is -0.381 e. The van der Waals surface area contributed by atoms with Gasteiger partial charge in [0.15, 0.2) is 0 Å². The minimum absolute atomic E-state index is 0.308. The lowest BCUT2D eigenvalue weighted by molar-refractivity contribution is 0.109. The molecule has 1 aromatic heterocycles. The third kappa shape index (κ3) is 3.54. The van der Waals surface area contributed by atoms with Gasteiger partial charge in [0.1, 0.15) is 0 Å². The molecule has 0 amide bonds. The van der Waals surface area contributed by atoms with Crippen LogP contribution >= 0.6 is 11.3 Å². The van der Waals surface area contributed by atoms with Crippen LogP contribution in [0.1, 0.15) is 18.2 Å². The van der Waals surface area contributed by atoms with Crippen molar-refractivity contribution in [2.45, 2.75) is 19.9 Å².